The minimum Gasteiger partial charge on any atom is -0.491 e. The van der Waals surface area contributed by atoms with Crippen LogP contribution in [0.1, 0.15) is 25.0 Å². The van der Waals surface area contributed by atoms with Gasteiger partial charge in [-0.15, -0.1) is 11.3 Å². The minimum absolute atomic E-state index is 0.0432. The van der Waals surface area contributed by atoms with E-state index in [9.17, 15) is 35.1 Å². The van der Waals surface area contributed by atoms with Crippen LogP contribution >= 0.6 is 11.3 Å². The van der Waals surface area contributed by atoms with E-state index in [1.165, 1.54) is 42.7 Å². The quantitative estimate of drug-likeness (QED) is 0.275. The molecule has 0 bridgehead atoms. The summed E-state index contributed by atoms with van der Waals surface area (Å²) in [6, 6.07) is 9.69. The van der Waals surface area contributed by atoms with Crippen molar-refractivity contribution in [1.29, 1.82) is 0 Å². The summed E-state index contributed by atoms with van der Waals surface area (Å²) in [4.78, 5) is 0.415. The molecule has 2 aromatic heterocycles. The van der Waals surface area contributed by atoms with Gasteiger partial charge in [-0.25, -0.2) is 21.6 Å². The Kier molecular flexibility index (Phi) is 9.68. The van der Waals surface area contributed by atoms with Gasteiger partial charge in [0.05, 0.1) is 27.7 Å². The van der Waals surface area contributed by atoms with E-state index in [0.29, 0.717) is 36.5 Å². The number of nitrogens with zero attached hydrogens (tertiary/aromatic N) is 3. The first-order valence-corrected chi connectivity index (χ1v) is 17.8. The topological polar surface area (TPSA) is 152 Å². The Morgan fingerprint density at radius 1 is 1.18 bits per heavy atom. The number of aliphatic hydroxyl groups is 1. The number of sulfonamides is 2. The van der Waals surface area contributed by atoms with E-state index in [1.807, 2.05) is 0 Å². The Labute approximate surface area is 263 Å². The fourth-order valence-electron chi connectivity index (χ4n) is 5.42. The molecule has 12 nitrogen and oxygen atoms in total. The van der Waals surface area contributed by atoms with Crippen molar-refractivity contribution in [3.8, 4) is 16.3 Å². The Balaban J connectivity index is 1.10. The predicted octanol–water partition coefficient (Wildman–Crippen LogP) is 2.42. The van der Waals surface area contributed by atoms with Crippen LogP contribution in [0.4, 0.5) is 13.2 Å². The fourth-order valence-corrected chi connectivity index (χ4v) is 9.13. The van der Waals surface area contributed by atoms with E-state index < -0.39 is 43.6 Å². The summed E-state index contributed by atoms with van der Waals surface area (Å²) in [6.45, 7) is 0.996. The van der Waals surface area contributed by atoms with Crippen LogP contribution in [0.3, 0.4) is 0 Å². The summed E-state index contributed by atoms with van der Waals surface area (Å²) in [5.74, 6) is 0.307. The Hall–Kier alpha value is -2.58. The highest BCUT2D eigenvalue weighted by molar-refractivity contribution is 7.91. The number of aliphatic hydroxyl groups excluding tert-OH is 1. The van der Waals surface area contributed by atoms with Crippen LogP contribution in [0.25, 0.3) is 10.6 Å². The standard InChI is InChI=1S/C27H34F3N5O7S3/c1-31-44(37,38)21-5-3-4-20(12-21)41-17-19(36)15-32-18-14-26(42-16-18)8-10-35(11-9-26)45(39,40)25-7-6-23(43-25)22-13-24(27(28,29)30)33-34(22)2/h3-7,12-13,18-19,31-32,36H,8-11,14-17H2,1-2H3. The van der Waals surface area contributed by atoms with Crippen LogP contribution < -0.4 is 14.8 Å². The van der Waals surface area contributed by atoms with E-state index in [0.717, 1.165) is 22.1 Å². The van der Waals surface area contributed by atoms with Gasteiger partial charge < -0.3 is 19.9 Å². The molecule has 2 fully saturated rings. The molecule has 2 aliphatic heterocycles. The molecule has 2 aliphatic rings. The number of aromatic nitrogens is 2. The molecule has 0 radical (unpaired) electrons. The van der Waals surface area contributed by atoms with Crippen molar-refractivity contribution in [3.05, 3.63) is 48.2 Å². The van der Waals surface area contributed by atoms with Crippen LogP contribution in [0.2, 0.25) is 0 Å². The van der Waals surface area contributed by atoms with Gasteiger partial charge in [-0.05, 0) is 56.6 Å². The number of hydrogen-bond acceptors (Lipinski definition) is 10. The highest BCUT2D eigenvalue weighted by Gasteiger charge is 2.45. The van der Waals surface area contributed by atoms with Crippen molar-refractivity contribution < 1.29 is 44.6 Å². The van der Waals surface area contributed by atoms with Gasteiger partial charge in [0, 0.05) is 38.8 Å². The third-order valence-electron chi connectivity index (χ3n) is 7.91. The summed E-state index contributed by atoms with van der Waals surface area (Å²) in [5.41, 5.74) is -1.37. The van der Waals surface area contributed by atoms with Gasteiger partial charge in [0.15, 0.2) is 5.69 Å². The third kappa shape index (κ3) is 7.54. The van der Waals surface area contributed by atoms with E-state index in [4.69, 9.17) is 9.47 Å². The summed E-state index contributed by atoms with van der Waals surface area (Å²) < 4.78 is 106. The first-order chi connectivity index (χ1) is 21.1. The predicted molar refractivity (Wildman–Crippen MR) is 159 cm³/mol. The Morgan fingerprint density at radius 2 is 1.91 bits per heavy atom. The third-order valence-corrected chi connectivity index (χ3v) is 12.8. The average molecular weight is 694 g/mol. The zero-order valence-electron chi connectivity index (χ0n) is 24.4. The maximum Gasteiger partial charge on any atom is 0.435 e. The van der Waals surface area contributed by atoms with E-state index in [-0.39, 0.29) is 47.1 Å². The zero-order chi connectivity index (χ0) is 32.6. The number of rotatable bonds is 11. The Morgan fingerprint density at radius 3 is 2.58 bits per heavy atom. The number of halogens is 3. The zero-order valence-corrected chi connectivity index (χ0v) is 26.9. The van der Waals surface area contributed by atoms with Crippen LogP contribution in [0, 0.1) is 0 Å². The van der Waals surface area contributed by atoms with Gasteiger partial charge in [-0.1, -0.05) is 6.07 Å². The largest absolute Gasteiger partial charge is 0.491 e. The second-order valence-corrected chi connectivity index (χ2v) is 16.1. The van der Waals surface area contributed by atoms with Gasteiger partial charge in [0.25, 0.3) is 10.0 Å². The lowest BCUT2D eigenvalue weighted by Crippen LogP contribution is -2.47. The molecule has 5 rings (SSSR count). The number of ether oxygens (including phenoxy) is 2. The van der Waals surface area contributed by atoms with Crippen LogP contribution in [-0.2, 0) is 38.0 Å². The molecule has 0 amide bonds. The van der Waals surface area contributed by atoms with E-state index in [2.05, 4.69) is 15.1 Å². The number of piperidine rings is 1. The Bertz CT molecular complexity index is 1720. The number of alkyl halides is 3. The molecule has 45 heavy (non-hydrogen) atoms. The molecular weight excluding hydrogens is 660 g/mol. The molecule has 248 valence electrons. The summed E-state index contributed by atoms with van der Waals surface area (Å²) >= 11 is 0.901. The van der Waals surface area contributed by atoms with Crippen LogP contribution in [0.5, 0.6) is 5.75 Å². The number of aryl methyl sites for hydroxylation is 1. The van der Waals surface area contributed by atoms with Crippen LogP contribution in [-0.4, -0.2) is 93.7 Å². The van der Waals surface area contributed by atoms with E-state index >= 15 is 0 Å². The van der Waals surface area contributed by atoms with Gasteiger partial charge in [-0.3, -0.25) is 4.68 Å². The number of thiophene rings is 1. The molecule has 2 unspecified atom stereocenters. The summed E-state index contributed by atoms with van der Waals surface area (Å²) in [7, 11) is -4.79. The van der Waals surface area contributed by atoms with Crippen molar-refractivity contribution in [2.45, 2.75) is 52.3 Å². The van der Waals surface area contributed by atoms with Gasteiger partial charge in [0.1, 0.15) is 22.7 Å². The molecule has 2 atom stereocenters. The molecule has 1 aromatic carbocycles. The van der Waals surface area contributed by atoms with Crippen molar-refractivity contribution in [1.82, 2.24) is 24.1 Å². The molecule has 0 saturated carbocycles. The van der Waals surface area contributed by atoms with Crippen molar-refractivity contribution in [3.63, 3.8) is 0 Å². The molecule has 0 aliphatic carbocycles. The van der Waals surface area contributed by atoms with Crippen LogP contribution in [0.15, 0.2) is 51.6 Å². The first-order valence-electron chi connectivity index (χ1n) is 14.1. The smallest absolute Gasteiger partial charge is 0.435 e. The van der Waals surface area contributed by atoms with Gasteiger partial charge >= 0.3 is 6.18 Å². The molecule has 2 saturated heterocycles. The summed E-state index contributed by atoms with van der Waals surface area (Å²) in [5, 5.41) is 17.2. The van der Waals surface area contributed by atoms with Gasteiger partial charge in [0.2, 0.25) is 10.0 Å². The summed E-state index contributed by atoms with van der Waals surface area (Å²) in [6.07, 6.45) is -3.91. The maximum absolute atomic E-state index is 13.4. The second-order valence-electron chi connectivity index (χ2n) is 11.0. The normalized spacial score (nSPS) is 20.1. The SMILES string of the molecule is CNS(=O)(=O)c1cccc(OCC(O)CNC2COC3(CCN(S(=O)(=O)c4ccc(-c5cc(C(F)(F)F)nn5C)s4)CC3)C2)c1. The molecule has 3 N–H and O–H groups in total. The lowest BCUT2D eigenvalue weighted by Gasteiger charge is -2.37. The van der Waals surface area contributed by atoms with Crippen molar-refractivity contribution in [2.75, 3.05) is 39.9 Å². The van der Waals surface area contributed by atoms with E-state index in [1.54, 1.807) is 12.1 Å². The maximum atomic E-state index is 13.4. The lowest BCUT2D eigenvalue weighted by atomic mass is 9.88. The highest BCUT2D eigenvalue weighted by atomic mass is 32.2. The second kappa shape index (κ2) is 12.9. The van der Waals surface area contributed by atoms with Crippen molar-refractivity contribution in [2.24, 2.45) is 7.05 Å². The molecular formula is C27H34F3N5O7S3. The molecule has 1 spiro atoms. The fraction of sp³-hybridized carbons (Fsp3) is 0.519. The van der Waals surface area contributed by atoms with Gasteiger partial charge in [-0.2, -0.15) is 22.6 Å². The molecule has 18 heteroatoms. The average Bonchev–Trinajstić information content (AvgIpc) is 3.74. The lowest BCUT2D eigenvalue weighted by molar-refractivity contribution is -0.141. The molecule has 3 aromatic rings. The highest BCUT2D eigenvalue weighted by Crippen LogP contribution is 2.40. The molecule has 4 heterocycles. The minimum atomic E-state index is -4.61. The van der Waals surface area contributed by atoms with Crippen molar-refractivity contribution >= 4 is 31.4 Å². The first kappa shape index (κ1) is 33.8. The number of hydrogen-bond donors (Lipinski definition) is 3. The number of nitrogens with one attached hydrogen (secondary N) is 2. The number of benzene rings is 1. The monoisotopic (exact) mass is 693 g/mol.